The Hall–Kier alpha value is -2.51. The van der Waals surface area contributed by atoms with Crippen molar-refractivity contribution in [2.24, 2.45) is 0 Å². The van der Waals surface area contributed by atoms with E-state index in [1.165, 1.54) is 47.6 Å². The molecule has 0 saturated heterocycles. The van der Waals surface area contributed by atoms with E-state index in [1.807, 2.05) is 0 Å². The van der Waals surface area contributed by atoms with Gasteiger partial charge in [0.05, 0.1) is 23.1 Å². The van der Waals surface area contributed by atoms with Crippen molar-refractivity contribution in [2.75, 3.05) is 20.3 Å². The number of benzene rings is 1. The third kappa shape index (κ3) is 3.20. The lowest BCUT2D eigenvalue weighted by Gasteiger charge is -2.26. The molecule has 130 valence electrons. The summed E-state index contributed by atoms with van der Waals surface area (Å²) in [6.45, 7) is 0.444. The first-order chi connectivity index (χ1) is 12.0. The van der Waals surface area contributed by atoms with Gasteiger partial charge >= 0.3 is 0 Å². The molecule has 1 aromatic heterocycles. The van der Waals surface area contributed by atoms with Crippen LogP contribution in [-0.2, 0) is 9.53 Å². The van der Waals surface area contributed by atoms with E-state index in [-0.39, 0.29) is 18.7 Å². The third-order valence-electron chi connectivity index (χ3n) is 4.02. The maximum absolute atomic E-state index is 13.3. The van der Waals surface area contributed by atoms with Crippen LogP contribution in [0.3, 0.4) is 0 Å². The van der Waals surface area contributed by atoms with Gasteiger partial charge in [-0.05, 0) is 29.1 Å². The maximum Gasteiger partial charge on any atom is 0.290 e. The van der Waals surface area contributed by atoms with Crippen LogP contribution in [0.1, 0.15) is 21.3 Å². The number of methoxy groups -OCH3 is 1. The Labute approximate surface area is 148 Å². The maximum atomic E-state index is 13.3. The molecule has 0 saturated carbocycles. The zero-order valence-electron chi connectivity index (χ0n) is 13.4. The highest BCUT2D eigenvalue weighted by atomic mass is 32.1. The summed E-state index contributed by atoms with van der Waals surface area (Å²) in [6, 6.07) is 8.12. The Kier molecular flexibility index (Phi) is 4.96. The molecule has 1 amide bonds. The fraction of sp³-hybridized carbons (Fsp3) is 0.222. The van der Waals surface area contributed by atoms with Crippen LogP contribution >= 0.6 is 11.3 Å². The number of ketones is 1. The Bertz CT molecular complexity index is 814. The Balaban J connectivity index is 2.06. The molecule has 0 unspecified atom stereocenters. The number of aliphatic hydroxyl groups is 1. The molecule has 1 N–H and O–H groups in total. The van der Waals surface area contributed by atoms with Crippen LogP contribution in [0.5, 0.6) is 0 Å². The van der Waals surface area contributed by atoms with Crippen LogP contribution in [0.25, 0.3) is 0 Å². The number of carbonyl (C=O) groups excluding carboxylic acids is 2. The monoisotopic (exact) mass is 361 g/mol. The average Bonchev–Trinajstić information content (AvgIpc) is 3.22. The number of amides is 1. The molecule has 1 aliphatic heterocycles. The van der Waals surface area contributed by atoms with E-state index in [2.05, 4.69) is 0 Å². The third-order valence-corrected chi connectivity index (χ3v) is 4.88. The lowest BCUT2D eigenvalue weighted by molar-refractivity contribution is -0.130. The molecule has 7 heteroatoms. The normalized spacial score (nSPS) is 17.4. The van der Waals surface area contributed by atoms with Crippen LogP contribution in [0.15, 0.2) is 53.1 Å². The Morgan fingerprint density at radius 2 is 2.04 bits per heavy atom. The van der Waals surface area contributed by atoms with E-state index in [4.69, 9.17) is 4.74 Å². The number of Topliss-reactive ketones (excluding diaryl/α,β-unsaturated/α-hetero) is 1. The van der Waals surface area contributed by atoms with Gasteiger partial charge in [-0.2, -0.15) is 0 Å². The summed E-state index contributed by atoms with van der Waals surface area (Å²) < 4.78 is 18.3. The highest BCUT2D eigenvalue weighted by Crippen LogP contribution is 2.39. The minimum atomic E-state index is -0.780. The lowest BCUT2D eigenvalue weighted by Crippen LogP contribution is -2.33. The summed E-state index contributed by atoms with van der Waals surface area (Å²) in [4.78, 5) is 27.1. The molecule has 2 heterocycles. The molecule has 0 aliphatic carbocycles. The number of carbonyl (C=O) groups is 2. The molecule has 1 aliphatic rings. The predicted molar refractivity (Wildman–Crippen MR) is 91.0 cm³/mol. The van der Waals surface area contributed by atoms with E-state index < -0.39 is 29.3 Å². The van der Waals surface area contributed by atoms with Gasteiger partial charge < -0.3 is 14.7 Å². The standard InChI is InChI=1S/C18H16FNO4S/c1-24-9-8-20-15(11-4-6-12(19)7-5-11)14(17(22)18(20)23)16(21)13-3-2-10-25-13/h2-7,10,15,22H,8-9H2,1H3/t15-/m1/s1. The summed E-state index contributed by atoms with van der Waals surface area (Å²) in [5.74, 6) is -2.03. The smallest absolute Gasteiger partial charge is 0.290 e. The van der Waals surface area contributed by atoms with Crippen molar-refractivity contribution in [3.8, 4) is 0 Å². The zero-order valence-corrected chi connectivity index (χ0v) is 14.3. The first-order valence-electron chi connectivity index (χ1n) is 7.61. The van der Waals surface area contributed by atoms with Crippen LogP contribution in [0.4, 0.5) is 4.39 Å². The zero-order chi connectivity index (χ0) is 18.0. The van der Waals surface area contributed by atoms with Gasteiger partial charge in [0, 0.05) is 13.7 Å². The average molecular weight is 361 g/mol. The molecule has 5 nitrogen and oxygen atoms in total. The summed E-state index contributed by atoms with van der Waals surface area (Å²) >= 11 is 1.23. The van der Waals surface area contributed by atoms with Gasteiger partial charge in [-0.25, -0.2) is 4.39 Å². The Morgan fingerprint density at radius 1 is 1.32 bits per heavy atom. The minimum absolute atomic E-state index is 0.00941. The predicted octanol–water partition coefficient (Wildman–Crippen LogP) is 3.11. The Morgan fingerprint density at radius 3 is 2.64 bits per heavy atom. The van der Waals surface area contributed by atoms with Gasteiger partial charge in [0.25, 0.3) is 5.91 Å². The number of halogens is 1. The van der Waals surface area contributed by atoms with Crippen molar-refractivity contribution in [1.29, 1.82) is 0 Å². The fourth-order valence-electron chi connectivity index (χ4n) is 2.84. The molecule has 1 atom stereocenters. The summed E-state index contributed by atoms with van der Waals surface area (Å²) in [6.07, 6.45) is 0. The topological polar surface area (TPSA) is 66.8 Å². The van der Waals surface area contributed by atoms with Crippen LogP contribution < -0.4 is 0 Å². The molecule has 3 rings (SSSR count). The minimum Gasteiger partial charge on any atom is -0.503 e. The number of aliphatic hydroxyl groups excluding tert-OH is 1. The number of thiophene rings is 1. The molecule has 25 heavy (non-hydrogen) atoms. The molecule has 0 fully saturated rings. The van der Waals surface area contributed by atoms with E-state index in [1.54, 1.807) is 17.5 Å². The lowest BCUT2D eigenvalue weighted by atomic mass is 9.95. The van der Waals surface area contributed by atoms with E-state index in [0.717, 1.165) is 0 Å². The summed E-state index contributed by atoms with van der Waals surface area (Å²) in [5.41, 5.74) is 0.560. The number of rotatable bonds is 6. The van der Waals surface area contributed by atoms with E-state index >= 15 is 0 Å². The SMILES string of the molecule is COCCN1C(=O)C(O)=C(C(=O)c2cccs2)[C@H]1c1ccc(F)cc1. The molecule has 0 spiro atoms. The first kappa shape index (κ1) is 17.3. The second kappa shape index (κ2) is 7.16. The quantitative estimate of drug-likeness (QED) is 0.803. The number of nitrogens with zero attached hydrogens (tertiary/aromatic N) is 1. The fourth-order valence-corrected chi connectivity index (χ4v) is 3.52. The van der Waals surface area contributed by atoms with Crippen molar-refractivity contribution < 1.29 is 23.8 Å². The van der Waals surface area contributed by atoms with Crippen molar-refractivity contribution in [2.45, 2.75) is 6.04 Å². The van der Waals surface area contributed by atoms with Crippen molar-refractivity contribution in [3.63, 3.8) is 0 Å². The molecule has 1 aromatic carbocycles. The largest absolute Gasteiger partial charge is 0.503 e. The van der Waals surface area contributed by atoms with Crippen LogP contribution in [0, 0.1) is 5.82 Å². The number of hydrogen-bond acceptors (Lipinski definition) is 5. The van der Waals surface area contributed by atoms with Crippen LogP contribution in [0.2, 0.25) is 0 Å². The van der Waals surface area contributed by atoms with Crippen molar-refractivity contribution in [3.05, 3.63) is 69.4 Å². The summed E-state index contributed by atoms with van der Waals surface area (Å²) in [7, 11) is 1.50. The first-order valence-corrected chi connectivity index (χ1v) is 8.49. The molecule has 0 bridgehead atoms. The number of ether oxygens (including phenoxy) is 1. The highest BCUT2D eigenvalue weighted by Gasteiger charge is 2.43. The van der Waals surface area contributed by atoms with Gasteiger partial charge in [0.2, 0.25) is 5.78 Å². The number of hydrogen-bond donors (Lipinski definition) is 1. The second-order valence-corrected chi connectivity index (χ2v) is 6.46. The molecule has 0 radical (unpaired) electrons. The molecule has 2 aromatic rings. The van der Waals surface area contributed by atoms with Gasteiger partial charge in [-0.3, -0.25) is 9.59 Å². The van der Waals surface area contributed by atoms with Gasteiger partial charge in [0.1, 0.15) is 5.82 Å². The van der Waals surface area contributed by atoms with Crippen LogP contribution in [-0.4, -0.2) is 42.0 Å². The molecular weight excluding hydrogens is 345 g/mol. The molecular formula is C18H16FNO4S. The van der Waals surface area contributed by atoms with E-state index in [9.17, 15) is 19.1 Å². The van der Waals surface area contributed by atoms with Crippen molar-refractivity contribution >= 4 is 23.0 Å². The van der Waals surface area contributed by atoms with Gasteiger partial charge in [-0.1, -0.05) is 18.2 Å². The summed E-state index contributed by atoms with van der Waals surface area (Å²) in [5, 5.41) is 12.1. The van der Waals surface area contributed by atoms with Crippen molar-refractivity contribution in [1.82, 2.24) is 4.90 Å². The highest BCUT2D eigenvalue weighted by molar-refractivity contribution is 7.12. The van der Waals surface area contributed by atoms with Gasteiger partial charge in [-0.15, -0.1) is 11.3 Å². The van der Waals surface area contributed by atoms with E-state index in [0.29, 0.717) is 10.4 Å². The second-order valence-electron chi connectivity index (χ2n) is 5.51. The van der Waals surface area contributed by atoms with Gasteiger partial charge in [0.15, 0.2) is 5.76 Å².